The molecule has 0 spiro atoms. The molecular formula is C20H26N2O4S. The van der Waals surface area contributed by atoms with Crippen LogP contribution in [-0.2, 0) is 16.6 Å². The van der Waals surface area contributed by atoms with Crippen LogP contribution < -0.4 is 4.74 Å². The Kier molecular flexibility index (Phi) is 6.49. The van der Waals surface area contributed by atoms with Crippen LogP contribution in [-0.4, -0.2) is 62.1 Å². The monoisotopic (exact) mass is 390 g/mol. The molecule has 1 heterocycles. The van der Waals surface area contributed by atoms with Gasteiger partial charge in [-0.25, -0.2) is 8.42 Å². The summed E-state index contributed by atoms with van der Waals surface area (Å²) in [5.74, 6) is 0.738. The maximum absolute atomic E-state index is 12.8. The Morgan fingerprint density at radius 3 is 2.19 bits per heavy atom. The topological polar surface area (TPSA) is 70.1 Å². The van der Waals surface area contributed by atoms with Crippen molar-refractivity contribution in [3.05, 3.63) is 59.7 Å². The highest BCUT2D eigenvalue weighted by molar-refractivity contribution is 7.89. The molecule has 1 aliphatic heterocycles. The molecule has 0 aliphatic carbocycles. The van der Waals surface area contributed by atoms with Crippen molar-refractivity contribution in [1.82, 2.24) is 9.21 Å². The maximum Gasteiger partial charge on any atom is 0.243 e. The summed E-state index contributed by atoms with van der Waals surface area (Å²) in [7, 11) is -3.42. The highest BCUT2D eigenvalue weighted by Gasteiger charge is 2.28. The molecule has 1 saturated heterocycles. The molecule has 1 fully saturated rings. The van der Waals surface area contributed by atoms with Crippen LogP contribution in [0.3, 0.4) is 0 Å². The van der Waals surface area contributed by atoms with E-state index in [1.165, 1.54) is 0 Å². The summed E-state index contributed by atoms with van der Waals surface area (Å²) in [4.78, 5) is 2.62. The number of aliphatic hydroxyl groups is 1. The van der Waals surface area contributed by atoms with E-state index < -0.39 is 10.0 Å². The third kappa shape index (κ3) is 5.07. The second kappa shape index (κ2) is 8.84. The first-order valence-electron chi connectivity index (χ1n) is 9.11. The van der Waals surface area contributed by atoms with Crippen molar-refractivity contribution in [3.63, 3.8) is 0 Å². The average Bonchev–Trinajstić information content (AvgIpc) is 2.68. The smallest absolute Gasteiger partial charge is 0.243 e. The lowest BCUT2D eigenvalue weighted by Gasteiger charge is -2.34. The standard InChI is InChI=1S/C20H26N2O4S/c1-17-2-8-20(9-3-17)27(24,25)22-12-10-21(11-13-22)16-18-4-6-19(7-5-18)26-15-14-23/h2-9,23H,10-16H2,1H3. The summed E-state index contributed by atoms with van der Waals surface area (Å²) in [6, 6.07) is 14.8. The van der Waals surface area contributed by atoms with Gasteiger partial charge < -0.3 is 9.84 Å². The molecule has 0 radical (unpaired) electrons. The van der Waals surface area contributed by atoms with E-state index in [0.717, 1.165) is 23.4 Å². The highest BCUT2D eigenvalue weighted by atomic mass is 32.2. The molecule has 0 bridgehead atoms. The summed E-state index contributed by atoms with van der Waals surface area (Å²) in [5.41, 5.74) is 2.20. The summed E-state index contributed by atoms with van der Waals surface area (Å²) in [5, 5.41) is 8.78. The van der Waals surface area contributed by atoms with Crippen LogP contribution in [0.4, 0.5) is 0 Å². The highest BCUT2D eigenvalue weighted by Crippen LogP contribution is 2.19. The van der Waals surface area contributed by atoms with Gasteiger partial charge in [-0.1, -0.05) is 29.8 Å². The number of sulfonamides is 1. The Hall–Kier alpha value is -1.93. The van der Waals surface area contributed by atoms with Gasteiger partial charge in [0.15, 0.2) is 0 Å². The fourth-order valence-corrected chi connectivity index (χ4v) is 4.52. The van der Waals surface area contributed by atoms with E-state index in [-0.39, 0.29) is 13.2 Å². The number of hydrogen-bond donors (Lipinski definition) is 1. The zero-order chi connectivity index (χ0) is 19.3. The van der Waals surface area contributed by atoms with Crippen molar-refractivity contribution in [2.24, 2.45) is 0 Å². The third-order valence-corrected chi connectivity index (χ3v) is 6.59. The molecule has 1 N–H and O–H groups in total. The molecular weight excluding hydrogens is 364 g/mol. The van der Waals surface area contributed by atoms with E-state index in [9.17, 15) is 8.42 Å². The number of nitrogens with zero attached hydrogens (tertiary/aromatic N) is 2. The van der Waals surface area contributed by atoms with Crippen LogP contribution in [0.15, 0.2) is 53.4 Å². The van der Waals surface area contributed by atoms with Gasteiger partial charge in [0, 0.05) is 32.7 Å². The van der Waals surface area contributed by atoms with Gasteiger partial charge in [0.1, 0.15) is 12.4 Å². The molecule has 1 aliphatic rings. The second-order valence-electron chi connectivity index (χ2n) is 6.71. The number of aryl methyl sites for hydroxylation is 1. The van der Waals surface area contributed by atoms with Gasteiger partial charge >= 0.3 is 0 Å². The van der Waals surface area contributed by atoms with Crippen LogP contribution >= 0.6 is 0 Å². The number of piperazine rings is 1. The number of aliphatic hydroxyl groups excluding tert-OH is 1. The Morgan fingerprint density at radius 1 is 0.963 bits per heavy atom. The van der Waals surface area contributed by atoms with Crippen molar-refractivity contribution in [2.75, 3.05) is 39.4 Å². The predicted molar refractivity (Wildman–Crippen MR) is 104 cm³/mol. The van der Waals surface area contributed by atoms with Crippen LogP contribution in [0, 0.1) is 6.92 Å². The third-order valence-electron chi connectivity index (χ3n) is 4.68. The molecule has 0 unspecified atom stereocenters. The van der Waals surface area contributed by atoms with Gasteiger partial charge in [-0.15, -0.1) is 0 Å². The van der Waals surface area contributed by atoms with E-state index in [0.29, 0.717) is 31.1 Å². The van der Waals surface area contributed by atoms with E-state index in [1.807, 2.05) is 43.3 Å². The first kappa shape index (κ1) is 19.8. The Morgan fingerprint density at radius 2 is 1.59 bits per heavy atom. The lowest BCUT2D eigenvalue weighted by Crippen LogP contribution is -2.48. The van der Waals surface area contributed by atoms with E-state index in [4.69, 9.17) is 9.84 Å². The SMILES string of the molecule is Cc1ccc(S(=O)(=O)N2CCN(Cc3ccc(OCCO)cc3)CC2)cc1. The summed E-state index contributed by atoms with van der Waals surface area (Å²) < 4.78 is 32.5. The Balaban J connectivity index is 1.55. The summed E-state index contributed by atoms with van der Waals surface area (Å²) >= 11 is 0. The molecule has 2 aromatic rings. The summed E-state index contributed by atoms with van der Waals surface area (Å²) in [6.45, 7) is 5.40. The first-order valence-corrected chi connectivity index (χ1v) is 10.5. The molecule has 0 amide bonds. The Labute approximate surface area is 161 Å². The second-order valence-corrected chi connectivity index (χ2v) is 8.65. The van der Waals surface area contributed by atoms with Gasteiger partial charge in [0.2, 0.25) is 10.0 Å². The van der Waals surface area contributed by atoms with E-state index in [1.54, 1.807) is 16.4 Å². The molecule has 3 rings (SSSR count). The fraction of sp³-hybridized carbons (Fsp3) is 0.400. The van der Waals surface area contributed by atoms with E-state index in [2.05, 4.69) is 4.90 Å². The minimum Gasteiger partial charge on any atom is -0.491 e. The molecule has 0 saturated carbocycles. The van der Waals surface area contributed by atoms with Crippen molar-refractivity contribution in [1.29, 1.82) is 0 Å². The molecule has 146 valence electrons. The number of rotatable bonds is 7. The number of benzene rings is 2. The van der Waals surface area contributed by atoms with E-state index >= 15 is 0 Å². The van der Waals surface area contributed by atoms with Crippen LogP contribution in [0.1, 0.15) is 11.1 Å². The normalized spacial score (nSPS) is 16.4. The van der Waals surface area contributed by atoms with Crippen molar-refractivity contribution < 1.29 is 18.3 Å². The van der Waals surface area contributed by atoms with Gasteiger partial charge in [-0.2, -0.15) is 4.31 Å². The average molecular weight is 391 g/mol. The largest absolute Gasteiger partial charge is 0.491 e. The fourth-order valence-electron chi connectivity index (χ4n) is 3.10. The molecule has 0 atom stereocenters. The number of hydrogen-bond acceptors (Lipinski definition) is 5. The van der Waals surface area contributed by atoms with Crippen LogP contribution in [0.2, 0.25) is 0 Å². The number of ether oxygens (including phenoxy) is 1. The van der Waals surface area contributed by atoms with Crippen LogP contribution in [0.5, 0.6) is 5.75 Å². The minimum absolute atomic E-state index is 0.00245. The minimum atomic E-state index is -3.42. The zero-order valence-corrected chi connectivity index (χ0v) is 16.4. The maximum atomic E-state index is 12.8. The Bertz CT molecular complexity index is 827. The molecule has 2 aromatic carbocycles. The quantitative estimate of drug-likeness (QED) is 0.782. The molecule has 6 nitrogen and oxygen atoms in total. The lowest BCUT2D eigenvalue weighted by atomic mass is 10.2. The van der Waals surface area contributed by atoms with Crippen LogP contribution in [0.25, 0.3) is 0 Å². The molecule has 7 heteroatoms. The van der Waals surface area contributed by atoms with Gasteiger partial charge in [-0.3, -0.25) is 4.90 Å². The van der Waals surface area contributed by atoms with Crippen molar-refractivity contribution >= 4 is 10.0 Å². The van der Waals surface area contributed by atoms with Gasteiger partial charge in [-0.05, 0) is 36.8 Å². The molecule has 0 aromatic heterocycles. The van der Waals surface area contributed by atoms with Gasteiger partial charge in [0.05, 0.1) is 11.5 Å². The first-order chi connectivity index (χ1) is 13.0. The van der Waals surface area contributed by atoms with Crippen molar-refractivity contribution in [3.8, 4) is 5.75 Å². The molecule has 27 heavy (non-hydrogen) atoms. The predicted octanol–water partition coefficient (Wildman–Crippen LogP) is 1.87. The van der Waals surface area contributed by atoms with Crippen molar-refractivity contribution in [2.45, 2.75) is 18.4 Å². The summed E-state index contributed by atoms with van der Waals surface area (Å²) in [6.07, 6.45) is 0. The van der Waals surface area contributed by atoms with Gasteiger partial charge in [0.25, 0.3) is 0 Å². The lowest BCUT2D eigenvalue weighted by molar-refractivity contribution is 0.181. The zero-order valence-electron chi connectivity index (χ0n) is 15.5.